The van der Waals surface area contributed by atoms with Gasteiger partial charge in [-0.1, -0.05) is 26.0 Å². The molecule has 9 heteroatoms. The van der Waals surface area contributed by atoms with E-state index in [0.29, 0.717) is 22.9 Å². The molecule has 1 atom stereocenters. The third-order valence-corrected chi connectivity index (χ3v) is 5.79. The zero-order valence-electron chi connectivity index (χ0n) is 20.4. The molecule has 0 saturated heterocycles. The van der Waals surface area contributed by atoms with Crippen molar-refractivity contribution in [3.05, 3.63) is 89.7 Å². The minimum Gasteiger partial charge on any atom is -0.481 e. The summed E-state index contributed by atoms with van der Waals surface area (Å²) in [4.78, 5) is 22.8. The molecule has 0 aliphatic heterocycles. The number of aliphatic carboxylic acids is 1. The molecule has 0 radical (unpaired) electrons. The molecule has 0 saturated carbocycles. The van der Waals surface area contributed by atoms with Crippen molar-refractivity contribution >= 4 is 17.6 Å². The molecule has 1 amide bonds. The van der Waals surface area contributed by atoms with E-state index in [0.717, 1.165) is 16.8 Å². The van der Waals surface area contributed by atoms with Crippen molar-refractivity contribution in [3.63, 3.8) is 0 Å². The van der Waals surface area contributed by atoms with Gasteiger partial charge in [-0.05, 0) is 72.1 Å². The number of hydrogen-bond donors (Lipinski definition) is 3. The van der Waals surface area contributed by atoms with E-state index >= 15 is 0 Å². The normalized spacial score (nSPS) is 11.8. The summed E-state index contributed by atoms with van der Waals surface area (Å²) in [5.74, 6) is -0.649. The maximum atomic E-state index is 13.2. The molecule has 1 heterocycles. The lowest BCUT2D eigenvalue weighted by atomic mass is 9.94. The summed E-state index contributed by atoms with van der Waals surface area (Å²) in [6.07, 6.45) is -0.123. The Morgan fingerprint density at radius 3 is 2.00 bits per heavy atom. The van der Waals surface area contributed by atoms with Gasteiger partial charge in [0.2, 0.25) is 11.8 Å². The van der Waals surface area contributed by atoms with Crippen LogP contribution in [0.3, 0.4) is 0 Å². The summed E-state index contributed by atoms with van der Waals surface area (Å²) < 4.78 is 19.0. The molecule has 0 fully saturated rings. The van der Waals surface area contributed by atoms with E-state index in [1.165, 1.54) is 12.1 Å². The number of benzene rings is 3. The Hall–Kier alpha value is -4.53. The number of amides is 1. The Balaban J connectivity index is 1.43. The smallest absolute Gasteiger partial charge is 0.305 e. The van der Waals surface area contributed by atoms with Crippen LogP contribution in [0.4, 0.5) is 10.1 Å². The van der Waals surface area contributed by atoms with E-state index in [4.69, 9.17) is 9.52 Å². The second-order valence-corrected chi connectivity index (χ2v) is 8.88. The molecular formula is C28H27FN4O4. The second kappa shape index (κ2) is 11.5. The largest absolute Gasteiger partial charge is 0.481 e. The van der Waals surface area contributed by atoms with Gasteiger partial charge in [-0.2, -0.15) is 0 Å². The van der Waals surface area contributed by atoms with Crippen molar-refractivity contribution in [1.29, 1.82) is 0 Å². The fourth-order valence-electron chi connectivity index (χ4n) is 3.80. The number of carboxylic acids is 1. The van der Waals surface area contributed by atoms with Crippen molar-refractivity contribution in [1.82, 2.24) is 15.5 Å². The van der Waals surface area contributed by atoms with Gasteiger partial charge >= 0.3 is 5.97 Å². The van der Waals surface area contributed by atoms with Crippen molar-refractivity contribution < 1.29 is 23.5 Å². The lowest BCUT2D eigenvalue weighted by molar-refractivity contribution is -0.136. The Morgan fingerprint density at radius 1 is 0.892 bits per heavy atom. The van der Waals surface area contributed by atoms with Gasteiger partial charge in [0.05, 0.1) is 12.5 Å². The number of hydrogen-bond acceptors (Lipinski definition) is 6. The topological polar surface area (TPSA) is 117 Å². The van der Waals surface area contributed by atoms with Crippen LogP contribution in [0.1, 0.15) is 42.2 Å². The maximum absolute atomic E-state index is 13.2. The van der Waals surface area contributed by atoms with Gasteiger partial charge in [-0.15, -0.1) is 10.2 Å². The first kappa shape index (κ1) is 25.6. The van der Waals surface area contributed by atoms with Gasteiger partial charge in [-0.3, -0.25) is 9.59 Å². The molecule has 190 valence electrons. The third kappa shape index (κ3) is 6.58. The molecular weight excluding hydrogens is 475 g/mol. The van der Waals surface area contributed by atoms with Crippen LogP contribution in [0.5, 0.6) is 0 Å². The minimum absolute atomic E-state index is 0.00162. The summed E-state index contributed by atoms with van der Waals surface area (Å²) in [6.45, 7) is 4.31. The van der Waals surface area contributed by atoms with Crippen LogP contribution in [-0.2, 0) is 4.79 Å². The van der Waals surface area contributed by atoms with E-state index in [1.54, 1.807) is 24.3 Å². The highest BCUT2D eigenvalue weighted by atomic mass is 19.1. The summed E-state index contributed by atoms with van der Waals surface area (Å²) >= 11 is 0. The van der Waals surface area contributed by atoms with Crippen LogP contribution in [0, 0.1) is 11.7 Å². The monoisotopic (exact) mass is 502 g/mol. The molecule has 0 bridgehead atoms. The van der Waals surface area contributed by atoms with Crippen molar-refractivity contribution in [3.8, 4) is 22.9 Å². The van der Waals surface area contributed by atoms with Gasteiger partial charge in [0.1, 0.15) is 5.82 Å². The standard InChI is InChI=1S/C28H27FN4O4/c1-17(2)25(31-23-13-9-19(10-14-23)26(36)30-16-15-24(34)35)18-3-5-20(6-4-18)27-32-33-28(37-27)21-7-11-22(29)12-8-21/h3-14,17,25,31H,15-16H2,1-2H3,(H,30,36)(H,34,35). The number of halogens is 1. The van der Waals surface area contributed by atoms with E-state index in [1.807, 2.05) is 36.4 Å². The molecule has 4 rings (SSSR count). The minimum atomic E-state index is -0.959. The zero-order valence-corrected chi connectivity index (χ0v) is 20.4. The molecule has 0 spiro atoms. The maximum Gasteiger partial charge on any atom is 0.305 e. The lowest BCUT2D eigenvalue weighted by Crippen LogP contribution is -2.26. The van der Waals surface area contributed by atoms with Crippen LogP contribution in [0.25, 0.3) is 22.9 Å². The van der Waals surface area contributed by atoms with Crippen molar-refractivity contribution in [2.45, 2.75) is 26.3 Å². The predicted octanol–water partition coefficient (Wildman–Crippen LogP) is 5.56. The first-order chi connectivity index (χ1) is 17.8. The van der Waals surface area contributed by atoms with Crippen LogP contribution >= 0.6 is 0 Å². The molecule has 1 unspecified atom stereocenters. The lowest BCUT2D eigenvalue weighted by Gasteiger charge is -2.24. The fraction of sp³-hybridized carbons (Fsp3) is 0.214. The second-order valence-electron chi connectivity index (χ2n) is 8.88. The van der Waals surface area contributed by atoms with Crippen molar-refractivity contribution in [2.75, 3.05) is 11.9 Å². The van der Waals surface area contributed by atoms with E-state index in [2.05, 4.69) is 34.7 Å². The van der Waals surface area contributed by atoms with Crippen molar-refractivity contribution in [2.24, 2.45) is 5.92 Å². The number of carbonyl (C=O) groups excluding carboxylic acids is 1. The summed E-state index contributed by atoms with van der Waals surface area (Å²) in [5, 5.41) is 23.0. The van der Waals surface area contributed by atoms with Gasteiger partial charge in [0, 0.05) is 28.9 Å². The Morgan fingerprint density at radius 2 is 1.46 bits per heavy atom. The van der Waals surface area contributed by atoms with Gasteiger partial charge in [0.25, 0.3) is 5.91 Å². The molecule has 0 aliphatic carbocycles. The zero-order chi connectivity index (χ0) is 26.4. The third-order valence-electron chi connectivity index (χ3n) is 5.79. The van der Waals surface area contributed by atoms with E-state index in [9.17, 15) is 14.0 Å². The summed E-state index contributed by atoms with van der Waals surface area (Å²) in [5.41, 5.74) is 3.79. The summed E-state index contributed by atoms with van der Waals surface area (Å²) in [7, 11) is 0. The number of nitrogens with one attached hydrogen (secondary N) is 2. The quantitative estimate of drug-likeness (QED) is 0.260. The van der Waals surface area contributed by atoms with Gasteiger partial charge in [-0.25, -0.2) is 4.39 Å². The number of carboxylic acid groups (broad SMARTS) is 1. The number of rotatable bonds is 10. The molecule has 37 heavy (non-hydrogen) atoms. The highest BCUT2D eigenvalue weighted by Gasteiger charge is 2.17. The summed E-state index contributed by atoms with van der Waals surface area (Å²) in [6, 6.07) is 20.8. The van der Waals surface area contributed by atoms with Gasteiger partial charge < -0.3 is 20.2 Å². The Kier molecular flexibility index (Phi) is 7.92. The van der Waals surface area contributed by atoms with Crippen LogP contribution in [0.2, 0.25) is 0 Å². The number of carbonyl (C=O) groups is 2. The SMILES string of the molecule is CC(C)C(Nc1ccc(C(=O)NCCC(=O)O)cc1)c1ccc(-c2nnc(-c3ccc(F)cc3)o2)cc1. The molecule has 3 aromatic carbocycles. The number of anilines is 1. The van der Waals surface area contributed by atoms with Crippen LogP contribution in [0.15, 0.2) is 77.2 Å². The fourth-order valence-corrected chi connectivity index (χ4v) is 3.80. The molecule has 1 aromatic heterocycles. The average molecular weight is 503 g/mol. The molecule has 4 aromatic rings. The Bertz CT molecular complexity index is 1350. The number of aromatic nitrogens is 2. The average Bonchev–Trinajstić information content (AvgIpc) is 3.38. The molecule has 0 aliphatic rings. The number of nitrogens with zero attached hydrogens (tertiary/aromatic N) is 2. The predicted molar refractivity (Wildman–Crippen MR) is 137 cm³/mol. The highest BCUT2D eigenvalue weighted by molar-refractivity contribution is 5.94. The first-order valence-corrected chi connectivity index (χ1v) is 11.9. The van der Waals surface area contributed by atoms with Crippen LogP contribution in [-0.4, -0.2) is 33.7 Å². The van der Waals surface area contributed by atoms with Crippen LogP contribution < -0.4 is 10.6 Å². The first-order valence-electron chi connectivity index (χ1n) is 11.9. The Labute approximate surface area is 213 Å². The highest BCUT2D eigenvalue weighted by Crippen LogP contribution is 2.30. The van der Waals surface area contributed by atoms with E-state index in [-0.39, 0.29) is 36.6 Å². The molecule has 8 nitrogen and oxygen atoms in total. The van der Waals surface area contributed by atoms with Gasteiger partial charge in [0.15, 0.2) is 0 Å². The van der Waals surface area contributed by atoms with E-state index < -0.39 is 5.97 Å². The molecule has 3 N–H and O–H groups in total.